The molecular formula is C11H17N3O3S. The molecule has 0 spiro atoms. The Morgan fingerprint density at radius 3 is 2.67 bits per heavy atom. The van der Waals surface area contributed by atoms with Crippen LogP contribution in [-0.4, -0.2) is 20.9 Å². The minimum absolute atomic E-state index is 0.0354. The Morgan fingerprint density at radius 2 is 2.11 bits per heavy atom. The van der Waals surface area contributed by atoms with Crippen LogP contribution in [0.4, 0.5) is 5.69 Å². The topological polar surface area (TPSA) is 115 Å². The summed E-state index contributed by atoms with van der Waals surface area (Å²) in [5, 5.41) is 7.63. The Bertz CT molecular complexity index is 528. The molecule has 6 nitrogen and oxygen atoms in total. The zero-order valence-electron chi connectivity index (χ0n) is 10.1. The second-order valence-corrected chi connectivity index (χ2v) is 5.60. The molecule has 5 N–H and O–H groups in total. The van der Waals surface area contributed by atoms with E-state index < -0.39 is 10.0 Å². The van der Waals surface area contributed by atoms with Crippen LogP contribution in [-0.2, 0) is 14.8 Å². The van der Waals surface area contributed by atoms with Crippen LogP contribution in [0.3, 0.4) is 0 Å². The van der Waals surface area contributed by atoms with Gasteiger partial charge < -0.3 is 11.1 Å². The first-order chi connectivity index (χ1) is 8.34. The summed E-state index contributed by atoms with van der Waals surface area (Å²) in [7, 11) is -3.76. The number of amides is 1. The van der Waals surface area contributed by atoms with E-state index in [2.05, 4.69) is 5.32 Å². The van der Waals surface area contributed by atoms with Gasteiger partial charge in [0, 0.05) is 11.6 Å². The summed E-state index contributed by atoms with van der Waals surface area (Å²) in [6.45, 7) is 2.18. The highest BCUT2D eigenvalue weighted by Gasteiger charge is 2.13. The fourth-order valence-electron chi connectivity index (χ4n) is 1.40. The highest BCUT2D eigenvalue weighted by molar-refractivity contribution is 7.89. The summed E-state index contributed by atoms with van der Waals surface area (Å²) in [5.41, 5.74) is 5.76. The Labute approximate surface area is 106 Å². The first-order valence-electron chi connectivity index (χ1n) is 5.48. The van der Waals surface area contributed by atoms with Gasteiger partial charge in [0.05, 0.1) is 4.90 Å². The lowest BCUT2D eigenvalue weighted by Crippen LogP contribution is -2.23. The van der Waals surface area contributed by atoms with Crippen molar-refractivity contribution in [2.45, 2.75) is 18.2 Å². The molecule has 0 heterocycles. The summed E-state index contributed by atoms with van der Waals surface area (Å²) >= 11 is 0. The minimum Gasteiger partial charge on any atom is -0.330 e. The Balaban J connectivity index is 2.83. The molecule has 1 unspecified atom stereocenters. The molecule has 0 saturated carbocycles. The number of carbonyl (C=O) groups excluding carboxylic acids is 1. The standard InChI is InChI=1S/C11H17N3O3S/c1-8(5-6-12)11(15)14-9-3-2-4-10(7-9)18(13,16)17/h2-4,7-8H,5-6,12H2,1H3,(H,14,15)(H2,13,16,17). The molecule has 1 aromatic carbocycles. The quantitative estimate of drug-likeness (QED) is 0.712. The SMILES string of the molecule is CC(CCN)C(=O)Nc1cccc(S(N)(=O)=O)c1. The minimum atomic E-state index is -3.76. The third-order valence-corrected chi connectivity index (χ3v) is 3.39. The number of nitrogens with one attached hydrogen (secondary N) is 1. The van der Waals surface area contributed by atoms with Crippen LogP contribution in [0.2, 0.25) is 0 Å². The van der Waals surface area contributed by atoms with Crippen LogP contribution in [0.1, 0.15) is 13.3 Å². The van der Waals surface area contributed by atoms with E-state index in [9.17, 15) is 13.2 Å². The molecule has 0 aliphatic heterocycles. The number of sulfonamides is 1. The number of benzene rings is 1. The number of carbonyl (C=O) groups is 1. The maximum absolute atomic E-state index is 11.7. The van der Waals surface area contributed by atoms with Gasteiger partial charge in [-0.15, -0.1) is 0 Å². The second-order valence-electron chi connectivity index (χ2n) is 4.04. The van der Waals surface area contributed by atoms with Gasteiger partial charge in [0.1, 0.15) is 0 Å². The van der Waals surface area contributed by atoms with Gasteiger partial charge in [-0.2, -0.15) is 0 Å². The van der Waals surface area contributed by atoms with Crippen molar-refractivity contribution in [2.75, 3.05) is 11.9 Å². The summed E-state index contributed by atoms with van der Waals surface area (Å²) in [6.07, 6.45) is 0.570. The largest absolute Gasteiger partial charge is 0.330 e. The maximum atomic E-state index is 11.7. The van der Waals surface area contributed by atoms with Crippen molar-refractivity contribution in [1.82, 2.24) is 0 Å². The average molecular weight is 271 g/mol. The molecule has 1 aromatic rings. The first-order valence-corrected chi connectivity index (χ1v) is 7.03. The molecule has 7 heteroatoms. The van der Waals surface area contributed by atoms with Gasteiger partial charge in [-0.05, 0) is 31.2 Å². The number of hydrogen-bond donors (Lipinski definition) is 3. The Hall–Kier alpha value is -1.44. The predicted molar refractivity (Wildman–Crippen MR) is 69.3 cm³/mol. The smallest absolute Gasteiger partial charge is 0.238 e. The Morgan fingerprint density at radius 1 is 1.44 bits per heavy atom. The van der Waals surface area contributed by atoms with Gasteiger partial charge in [-0.3, -0.25) is 4.79 Å². The molecular weight excluding hydrogens is 254 g/mol. The predicted octanol–water partition coefficient (Wildman–Crippen LogP) is 0.257. The highest BCUT2D eigenvalue weighted by atomic mass is 32.2. The van der Waals surface area contributed by atoms with Crippen molar-refractivity contribution >= 4 is 21.6 Å². The normalized spacial score (nSPS) is 13.1. The molecule has 0 aliphatic rings. The first kappa shape index (κ1) is 14.6. The van der Waals surface area contributed by atoms with Crippen molar-refractivity contribution in [3.05, 3.63) is 24.3 Å². The molecule has 0 saturated heterocycles. The van der Waals surface area contributed by atoms with Gasteiger partial charge in [0.15, 0.2) is 0 Å². The molecule has 1 amide bonds. The average Bonchev–Trinajstić information content (AvgIpc) is 2.28. The van der Waals surface area contributed by atoms with E-state index >= 15 is 0 Å². The van der Waals surface area contributed by atoms with Gasteiger partial charge in [-0.1, -0.05) is 13.0 Å². The second kappa shape index (κ2) is 5.94. The summed E-state index contributed by atoms with van der Waals surface area (Å²) < 4.78 is 22.3. The maximum Gasteiger partial charge on any atom is 0.238 e. The Kier molecular flexibility index (Phi) is 4.83. The van der Waals surface area contributed by atoms with E-state index in [-0.39, 0.29) is 16.7 Å². The molecule has 18 heavy (non-hydrogen) atoms. The van der Waals surface area contributed by atoms with E-state index in [4.69, 9.17) is 10.9 Å². The number of anilines is 1. The van der Waals surface area contributed by atoms with Crippen LogP contribution in [0, 0.1) is 5.92 Å². The lowest BCUT2D eigenvalue weighted by Gasteiger charge is -2.11. The third-order valence-electron chi connectivity index (χ3n) is 2.48. The number of hydrogen-bond acceptors (Lipinski definition) is 4. The third kappa shape index (κ3) is 4.10. The van der Waals surface area contributed by atoms with E-state index in [1.54, 1.807) is 13.0 Å². The molecule has 1 rings (SSSR count). The van der Waals surface area contributed by atoms with Crippen molar-refractivity contribution < 1.29 is 13.2 Å². The van der Waals surface area contributed by atoms with Crippen molar-refractivity contribution in [2.24, 2.45) is 16.8 Å². The van der Waals surface area contributed by atoms with Gasteiger partial charge >= 0.3 is 0 Å². The highest BCUT2D eigenvalue weighted by Crippen LogP contribution is 2.15. The summed E-state index contributed by atoms with van der Waals surface area (Å²) in [5.74, 6) is -0.430. The monoisotopic (exact) mass is 271 g/mol. The zero-order valence-corrected chi connectivity index (χ0v) is 10.9. The summed E-state index contributed by atoms with van der Waals surface area (Å²) in [4.78, 5) is 11.7. The van der Waals surface area contributed by atoms with Gasteiger partial charge in [-0.25, -0.2) is 13.6 Å². The molecule has 0 aliphatic carbocycles. The zero-order chi connectivity index (χ0) is 13.8. The number of nitrogens with two attached hydrogens (primary N) is 2. The lowest BCUT2D eigenvalue weighted by molar-refractivity contribution is -0.119. The number of primary sulfonamides is 1. The molecule has 0 aromatic heterocycles. The van der Waals surface area contributed by atoms with E-state index in [0.29, 0.717) is 18.7 Å². The fraction of sp³-hybridized carbons (Fsp3) is 0.364. The summed E-state index contributed by atoms with van der Waals surface area (Å²) in [6, 6.07) is 5.81. The molecule has 0 fully saturated rings. The molecule has 1 atom stereocenters. The van der Waals surface area contributed by atoms with Crippen molar-refractivity contribution in [1.29, 1.82) is 0 Å². The molecule has 0 bridgehead atoms. The van der Waals surface area contributed by atoms with Crippen LogP contribution in [0.25, 0.3) is 0 Å². The van der Waals surface area contributed by atoms with Crippen molar-refractivity contribution in [3.63, 3.8) is 0 Å². The lowest BCUT2D eigenvalue weighted by atomic mass is 10.1. The van der Waals surface area contributed by atoms with Crippen molar-refractivity contribution in [3.8, 4) is 0 Å². The van der Waals surface area contributed by atoms with Crippen LogP contribution < -0.4 is 16.2 Å². The van der Waals surface area contributed by atoms with E-state index in [1.165, 1.54) is 18.2 Å². The van der Waals surface area contributed by atoms with Crippen LogP contribution >= 0.6 is 0 Å². The fourth-order valence-corrected chi connectivity index (χ4v) is 1.96. The van der Waals surface area contributed by atoms with Crippen LogP contribution in [0.5, 0.6) is 0 Å². The van der Waals surface area contributed by atoms with E-state index in [0.717, 1.165) is 0 Å². The number of rotatable bonds is 5. The van der Waals surface area contributed by atoms with Gasteiger partial charge in [0.2, 0.25) is 15.9 Å². The molecule has 0 radical (unpaired) electrons. The van der Waals surface area contributed by atoms with Gasteiger partial charge in [0.25, 0.3) is 0 Å². The van der Waals surface area contributed by atoms with E-state index in [1.807, 2.05) is 0 Å². The molecule has 100 valence electrons. The van der Waals surface area contributed by atoms with Crippen LogP contribution in [0.15, 0.2) is 29.2 Å².